The van der Waals surface area contributed by atoms with Crippen LogP contribution in [-0.2, 0) is 4.79 Å². The normalized spacial score (nSPS) is 10.4. The first-order valence-corrected chi connectivity index (χ1v) is 6.78. The number of rotatable bonds is 11. The molecule has 0 aliphatic heterocycles. The predicted molar refractivity (Wildman–Crippen MR) is 69.5 cm³/mol. The van der Waals surface area contributed by atoms with Gasteiger partial charge in [-0.3, -0.25) is 4.79 Å². The van der Waals surface area contributed by atoms with Gasteiger partial charge >= 0.3 is 0 Å². The van der Waals surface area contributed by atoms with Crippen molar-refractivity contribution in [2.75, 3.05) is 19.6 Å². The van der Waals surface area contributed by atoms with E-state index in [0.717, 1.165) is 26.1 Å². The van der Waals surface area contributed by atoms with E-state index in [4.69, 9.17) is 0 Å². The first-order valence-electron chi connectivity index (χ1n) is 6.78. The second-order valence-corrected chi connectivity index (χ2v) is 4.22. The molecule has 0 fully saturated rings. The number of likely N-dealkylation sites (N-methyl/N-ethyl adjacent to an activating group) is 1. The van der Waals surface area contributed by atoms with Crippen LogP contribution in [-0.4, -0.2) is 25.5 Å². The molecule has 0 heterocycles. The van der Waals surface area contributed by atoms with Gasteiger partial charge in [-0.1, -0.05) is 46.0 Å². The lowest BCUT2D eigenvalue weighted by atomic mass is 10.1. The van der Waals surface area contributed by atoms with E-state index in [-0.39, 0.29) is 5.91 Å². The van der Waals surface area contributed by atoms with Gasteiger partial charge < -0.3 is 10.6 Å². The van der Waals surface area contributed by atoms with Gasteiger partial charge in [-0.25, -0.2) is 0 Å². The maximum Gasteiger partial charge on any atom is 0.220 e. The SMILES string of the molecule is CCCCCCCCC(=O)NCCNCC. The Hall–Kier alpha value is -0.570. The summed E-state index contributed by atoms with van der Waals surface area (Å²) in [4.78, 5) is 11.4. The zero-order valence-electron chi connectivity index (χ0n) is 11.0. The molecular formula is C13H28N2O. The standard InChI is InChI=1S/C13H28N2O/c1-3-5-6-7-8-9-10-13(16)15-12-11-14-4-2/h14H,3-12H2,1-2H3,(H,15,16). The molecule has 0 spiro atoms. The number of carbonyl (C=O) groups excluding carboxylic acids is 1. The van der Waals surface area contributed by atoms with Gasteiger partial charge in [0.25, 0.3) is 0 Å². The first-order chi connectivity index (χ1) is 7.81. The molecule has 0 aliphatic rings. The minimum Gasteiger partial charge on any atom is -0.355 e. The minimum absolute atomic E-state index is 0.202. The quantitative estimate of drug-likeness (QED) is 0.533. The third-order valence-electron chi connectivity index (χ3n) is 2.63. The van der Waals surface area contributed by atoms with Gasteiger partial charge in [-0.15, -0.1) is 0 Å². The van der Waals surface area contributed by atoms with E-state index in [1.807, 2.05) is 0 Å². The number of hydrogen-bond acceptors (Lipinski definition) is 2. The maximum atomic E-state index is 11.4. The van der Waals surface area contributed by atoms with Gasteiger partial charge in [0.05, 0.1) is 0 Å². The minimum atomic E-state index is 0.202. The fraction of sp³-hybridized carbons (Fsp3) is 0.923. The molecule has 0 aromatic carbocycles. The molecule has 0 radical (unpaired) electrons. The van der Waals surface area contributed by atoms with E-state index in [0.29, 0.717) is 6.42 Å². The third kappa shape index (κ3) is 11.5. The van der Waals surface area contributed by atoms with E-state index in [9.17, 15) is 4.79 Å². The summed E-state index contributed by atoms with van der Waals surface area (Å²) in [7, 11) is 0. The molecule has 96 valence electrons. The van der Waals surface area contributed by atoms with E-state index in [1.165, 1.54) is 32.1 Å². The summed E-state index contributed by atoms with van der Waals surface area (Å²) in [6, 6.07) is 0. The predicted octanol–water partition coefficient (Wildman–Crippen LogP) is 2.46. The Morgan fingerprint density at radius 2 is 1.62 bits per heavy atom. The highest BCUT2D eigenvalue weighted by Crippen LogP contribution is 2.06. The van der Waals surface area contributed by atoms with E-state index < -0.39 is 0 Å². The molecule has 3 nitrogen and oxygen atoms in total. The summed E-state index contributed by atoms with van der Waals surface area (Å²) in [5, 5.41) is 6.10. The van der Waals surface area contributed by atoms with E-state index in [2.05, 4.69) is 24.5 Å². The van der Waals surface area contributed by atoms with Crippen LogP contribution in [0.2, 0.25) is 0 Å². The van der Waals surface area contributed by atoms with Crippen LogP contribution in [0.5, 0.6) is 0 Å². The zero-order chi connectivity index (χ0) is 12.1. The Morgan fingerprint density at radius 3 is 2.31 bits per heavy atom. The van der Waals surface area contributed by atoms with Crippen LogP contribution in [0, 0.1) is 0 Å². The van der Waals surface area contributed by atoms with Crippen molar-refractivity contribution in [1.82, 2.24) is 10.6 Å². The van der Waals surface area contributed by atoms with Crippen molar-refractivity contribution < 1.29 is 4.79 Å². The summed E-state index contributed by atoms with van der Waals surface area (Å²) in [6.07, 6.45) is 8.13. The molecule has 0 unspecified atom stereocenters. The smallest absolute Gasteiger partial charge is 0.220 e. The Kier molecular flexibility index (Phi) is 12.1. The zero-order valence-corrected chi connectivity index (χ0v) is 11.0. The first kappa shape index (κ1) is 15.4. The molecular weight excluding hydrogens is 200 g/mol. The van der Waals surface area contributed by atoms with Crippen molar-refractivity contribution >= 4 is 5.91 Å². The Bertz CT molecular complexity index is 160. The van der Waals surface area contributed by atoms with E-state index >= 15 is 0 Å². The lowest BCUT2D eigenvalue weighted by Crippen LogP contribution is -2.31. The lowest BCUT2D eigenvalue weighted by molar-refractivity contribution is -0.121. The van der Waals surface area contributed by atoms with Crippen LogP contribution in [0.15, 0.2) is 0 Å². The molecule has 0 bridgehead atoms. The number of unbranched alkanes of at least 4 members (excludes halogenated alkanes) is 5. The third-order valence-corrected chi connectivity index (χ3v) is 2.63. The average molecular weight is 228 g/mol. The van der Waals surface area contributed by atoms with Crippen molar-refractivity contribution in [2.24, 2.45) is 0 Å². The molecule has 1 amide bonds. The van der Waals surface area contributed by atoms with Gasteiger partial charge in [-0.2, -0.15) is 0 Å². The Balaban J connectivity index is 3.11. The molecule has 0 atom stereocenters. The topological polar surface area (TPSA) is 41.1 Å². The van der Waals surface area contributed by atoms with Gasteiger partial charge in [0.1, 0.15) is 0 Å². The van der Waals surface area contributed by atoms with Crippen molar-refractivity contribution in [1.29, 1.82) is 0 Å². The highest BCUT2D eigenvalue weighted by Gasteiger charge is 1.99. The summed E-state index contributed by atoms with van der Waals surface area (Å²) in [6.45, 7) is 6.88. The number of hydrogen-bond donors (Lipinski definition) is 2. The molecule has 0 aromatic rings. The largest absolute Gasteiger partial charge is 0.355 e. The van der Waals surface area contributed by atoms with Gasteiger partial charge in [0.2, 0.25) is 5.91 Å². The summed E-state index contributed by atoms with van der Waals surface area (Å²) >= 11 is 0. The summed E-state index contributed by atoms with van der Waals surface area (Å²) in [5.41, 5.74) is 0. The Labute approximate surface area is 100 Å². The van der Waals surface area contributed by atoms with Crippen LogP contribution >= 0.6 is 0 Å². The summed E-state index contributed by atoms with van der Waals surface area (Å²) in [5.74, 6) is 0.202. The number of carbonyl (C=O) groups is 1. The van der Waals surface area contributed by atoms with Crippen LogP contribution < -0.4 is 10.6 Å². The molecule has 16 heavy (non-hydrogen) atoms. The van der Waals surface area contributed by atoms with Gasteiger partial charge in [0.15, 0.2) is 0 Å². The fourth-order valence-electron chi connectivity index (χ4n) is 1.62. The average Bonchev–Trinajstić information content (AvgIpc) is 2.29. The highest BCUT2D eigenvalue weighted by molar-refractivity contribution is 5.75. The van der Waals surface area contributed by atoms with Crippen LogP contribution in [0.3, 0.4) is 0 Å². The molecule has 0 saturated heterocycles. The number of nitrogens with one attached hydrogen (secondary N) is 2. The molecule has 2 N–H and O–H groups in total. The van der Waals surface area contributed by atoms with E-state index in [1.54, 1.807) is 0 Å². The van der Waals surface area contributed by atoms with Crippen molar-refractivity contribution in [3.05, 3.63) is 0 Å². The molecule has 0 aromatic heterocycles. The van der Waals surface area contributed by atoms with Crippen LogP contribution in [0.1, 0.15) is 58.8 Å². The van der Waals surface area contributed by atoms with Gasteiger partial charge in [0, 0.05) is 19.5 Å². The van der Waals surface area contributed by atoms with Crippen molar-refractivity contribution in [3.8, 4) is 0 Å². The second kappa shape index (κ2) is 12.5. The molecule has 0 saturated carbocycles. The molecule has 0 rings (SSSR count). The fourth-order valence-corrected chi connectivity index (χ4v) is 1.62. The highest BCUT2D eigenvalue weighted by atomic mass is 16.1. The second-order valence-electron chi connectivity index (χ2n) is 4.22. The van der Waals surface area contributed by atoms with Crippen molar-refractivity contribution in [3.63, 3.8) is 0 Å². The maximum absolute atomic E-state index is 11.4. The molecule has 0 aliphatic carbocycles. The van der Waals surface area contributed by atoms with Gasteiger partial charge in [-0.05, 0) is 13.0 Å². The van der Waals surface area contributed by atoms with Crippen molar-refractivity contribution in [2.45, 2.75) is 58.8 Å². The van der Waals surface area contributed by atoms with Crippen LogP contribution in [0.4, 0.5) is 0 Å². The number of amides is 1. The lowest BCUT2D eigenvalue weighted by Gasteiger charge is -2.05. The molecule has 3 heteroatoms. The van der Waals surface area contributed by atoms with Crippen LogP contribution in [0.25, 0.3) is 0 Å². The summed E-state index contributed by atoms with van der Waals surface area (Å²) < 4.78 is 0. The monoisotopic (exact) mass is 228 g/mol. The Morgan fingerprint density at radius 1 is 0.938 bits per heavy atom.